The van der Waals surface area contributed by atoms with E-state index in [1.807, 2.05) is 18.2 Å². The second-order valence-corrected chi connectivity index (χ2v) is 4.98. The molecule has 1 aromatic carbocycles. The zero-order chi connectivity index (χ0) is 12.5. The maximum atomic E-state index is 8.86. The highest BCUT2D eigenvalue weighted by atomic mass is 35.5. The number of benzene rings is 1. The number of rotatable bonds is 8. The van der Waals surface area contributed by atoms with Crippen LogP contribution in [-0.4, -0.2) is 37.7 Å². The molecule has 0 amide bonds. The van der Waals surface area contributed by atoms with E-state index in [1.165, 1.54) is 0 Å². The molecule has 0 spiro atoms. The first-order valence-corrected chi connectivity index (χ1v) is 6.86. The quantitative estimate of drug-likeness (QED) is 0.564. The Hall–Kier alpha value is -0.260. The summed E-state index contributed by atoms with van der Waals surface area (Å²) in [6, 6.07) is 5.87. The van der Waals surface area contributed by atoms with Crippen LogP contribution in [0.5, 0.6) is 0 Å². The van der Waals surface area contributed by atoms with Crippen molar-refractivity contribution in [3.8, 4) is 0 Å². The number of hydrogen-bond acceptors (Lipinski definition) is 4. The SMILES string of the molecule is COCCNCc1cccc(Cl)c1SCCO. The van der Waals surface area contributed by atoms with E-state index in [1.54, 1.807) is 18.9 Å². The normalized spacial score (nSPS) is 10.8. The zero-order valence-electron chi connectivity index (χ0n) is 9.91. The van der Waals surface area contributed by atoms with Crippen molar-refractivity contribution in [2.45, 2.75) is 11.4 Å². The molecule has 96 valence electrons. The third kappa shape index (κ3) is 5.27. The van der Waals surface area contributed by atoms with E-state index in [0.717, 1.165) is 28.6 Å². The van der Waals surface area contributed by atoms with Crippen molar-refractivity contribution in [3.63, 3.8) is 0 Å². The van der Waals surface area contributed by atoms with Crippen LogP contribution in [0.3, 0.4) is 0 Å². The molecule has 0 aliphatic heterocycles. The van der Waals surface area contributed by atoms with Crippen LogP contribution in [0.4, 0.5) is 0 Å². The molecule has 1 rings (SSSR count). The first-order chi connectivity index (χ1) is 8.29. The van der Waals surface area contributed by atoms with Gasteiger partial charge < -0.3 is 15.2 Å². The maximum Gasteiger partial charge on any atom is 0.0587 e. The van der Waals surface area contributed by atoms with Gasteiger partial charge in [-0.05, 0) is 11.6 Å². The smallest absolute Gasteiger partial charge is 0.0587 e. The fourth-order valence-electron chi connectivity index (χ4n) is 1.40. The lowest BCUT2D eigenvalue weighted by molar-refractivity contribution is 0.199. The Balaban J connectivity index is 2.59. The number of aliphatic hydroxyl groups is 1. The minimum atomic E-state index is 0.159. The average Bonchev–Trinajstić information content (AvgIpc) is 2.34. The molecule has 0 saturated carbocycles. The molecule has 0 atom stereocenters. The van der Waals surface area contributed by atoms with E-state index in [9.17, 15) is 0 Å². The van der Waals surface area contributed by atoms with E-state index >= 15 is 0 Å². The van der Waals surface area contributed by atoms with Crippen LogP contribution in [0.25, 0.3) is 0 Å². The Morgan fingerprint density at radius 2 is 2.29 bits per heavy atom. The number of aliphatic hydroxyl groups excluding tert-OH is 1. The van der Waals surface area contributed by atoms with Crippen molar-refractivity contribution in [2.24, 2.45) is 0 Å². The van der Waals surface area contributed by atoms with E-state index in [-0.39, 0.29) is 6.61 Å². The number of ether oxygens (including phenoxy) is 1. The van der Waals surface area contributed by atoms with Gasteiger partial charge in [0.2, 0.25) is 0 Å². The average molecular weight is 276 g/mol. The zero-order valence-corrected chi connectivity index (χ0v) is 11.5. The molecule has 0 bridgehead atoms. The number of nitrogens with one attached hydrogen (secondary N) is 1. The molecule has 1 aromatic rings. The van der Waals surface area contributed by atoms with E-state index in [2.05, 4.69) is 5.32 Å². The van der Waals surface area contributed by atoms with E-state index in [0.29, 0.717) is 12.4 Å². The molecule has 0 saturated heterocycles. The Labute approximate surface area is 112 Å². The Morgan fingerprint density at radius 1 is 1.47 bits per heavy atom. The van der Waals surface area contributed by atoms with Crippen LogP contribution in [-0.2, 0) is 11.3 Å². The molecule has 3 nitrogen and oxygen atoms in total. The molecule has 0 aliphatic carbocycles. The number of methoxy groups -OCH3 is 1. The lowest BCUT2D eigenvalue weighted by Gasteiger charge is -2.11. The summed E-state index contributed by atoms with van der Waals surface area (Å²) in [7, 11) is 1.68. The topological polar surface area (TPSA) is 41.5 Å². The summed E-state index contributed by atoms with van der Waals surface area (Å²) in [4.78, 5) is 1.05. The van der Waals surface area contributed by atoms with Crippen molar-refractivity contribution < 1.29 is 9.84 Å². The molecule has 0 aromatic heterocycles. The Morgan fingerprint density at radius 3 is 3.00 bits per heavy atom. The first kappa shape index (κ1) is 14.8. The van der Waals surface area contributed by atoms with Gasteiger partial charge in [-0.25, -0.2) is 0 Å². The summed E-state index contributed by atoms with van der Waals surface area (Å²) in [5.41, 5.74) is 1.16. The van der Waals surface area contributed by atoms with Crippen LogP contribution < -0.4 is 5.32 Å². The van der Waals surface area contributed by atoms with Crippen molar-refractivity contribution in [2.75, 3.05) is 32.6 Å². The van der Waals surface area contributed by atoms with Gasteiger partial charge >= 0.3 is 0 Å². The monoisotopic (exact) mass is 275 g/mol. The lowest BCUT2D eigenvalue weighted by Crippen LogP contribution is -2.19. The second kappa shape index (κ2) is 8.78. The lowest BCUT2D eigenvalue weighted by atomic mass is 10.2. The summed E-state index contributed by atoms with van der Waals surface area (Å²) < 4.78 is 4.97. The van der Waals surface area contributed by atoms with Gasteiger partial charge in [-0.2, -0.15) is 0 Å². The third-order valence-corrected chi connectivity index (χ3v) is 3.77. The van der Waals surface area contributed by atoms with Gasteiger partial charge in [-0.1, -0.05) is 23.7 Å². The molecule has 0 aliphatic rings. The van der Waals surface area contributed by atoms with Crippen molar-refractivity contribution in [1.82, 2.24) is 5.32 Å². The summed E-state index contributed by atoms with van der Waals surface area (Å²) in [5.74, 6) is 0.662. The number of thioether (sulfide) groups is 1. The molecule has 0 unspecified atom stereocenters. The van der Waals surface area contributed by atoms with Crippen molar-refractivity contribution in [3.05, 3.63) is 28.8 Å². The maximum absolute atomic E-state index is 8.86. The molecule has 0 fully saturated rings. The van der Waals surface area contributed by atoms with Gasteiger partial charge in [0.1, 0.15) is 0 Å². The van der Waals surface area contributed by atoms with Gasteiger partial charge in [0.15, 0.2) is 0 Å². The highest BCUT2D eigenvalue weighted by molar-refractivity contribution is 7.99. The predicted octanol–water partition coefficient (Wildman–Crippen LogP) is 2.16. The highest BCUT2D eigenvalue weighted by Gasteiger charge is 2.06. The largest absolute Gasteiger partial charge is 0.396 e. The van der Waals surface area contributed by atoms with Crippen molar-refractivity contribution >= 4 is 23.4 Å². The minimum absolute atomic E-state index is 0.159. The van der Waals surface area contributed by atoms with E-state index in [4.69, 9.17) is 21.4 Å². The summed E-state index contributed by atoms with van der Waals surface area (Å²) >= 11 is 7.73. The summed E-state index contributed by atoms with van der Waals surface area (Å²) in [6.07, 6.45) is 0. The molecule has 0 heterocycles. The molecule has 2 N–H and O–H groups in total. The Kier molecular flexibility index (Phi) is 7.64. The molecule has 17 heavy (non-hydrogen) atoms. The Bertz CT molecular complexity index is 336. The molecule has 5 heteroatoms. The van der Waals surface area contributed by atoms with Crippen LogP contribution in [0.1, 0.15) is 5.56 Å². The van der Waals surface area contributed by atoms with Crippen LogP contribution in [0, 0.1) is 0 Å². The van der Waals surface area contributed by atoms with Gasteiger partial charge in [0.05, 0.1) is 18.2 Å². The highest BCUT2D eigenvalue weighted by Crippen LogP contribution is 2.30. The van der Waals surface area contributed by atoms with Crippen LogP contribution >= 0.6 is 23.4 Å². The first-order valence-electron chi connectivity index (χ1n) is 5.50. The number of hydrogen-bond donors (Lipinski definition) is 2. The van der Waals surface area contributed by atoms with Gasteiger partial charge in [-0.3, -0.25) is 0 Å². The standard InChI is InChI=1S/C12H18ClNO2S/c1-16-7-5-14-9-10-3-2-4-11(13)12(10)17-8-6-15/h2-4,14-15H,5-9H2,1H3. The summed E-state index contributed by atoms with van der Waals surface area (Å²) in [5, 5.41) is 12.9. The molecule has 0 radical (unpaired) electrons. The molecular weight excluding hydrogens is 258 g/mol. The number of halogens is 1. The van der Waals surface area contributed by atoms with Crippen LogP contribution in [0.15, 0.2) is 23.1 Å². The van der Waals surface area contributed by atoms with Crippen LogP contribution in [0.2, 0.25) is 5.02 Å². The minimum Gasteiger partial charge on any atom is -0.396 e. The third-order valence-electron chi connectivity index (χ3n) is 2.18. The van der Waals surface area contributed by atoms with E-state index < -0.39 is 0 Å². The van der Waals surface area contributed by atoms with Gasteiger partial charge in [-0.15, -0.1) is 11.8 Å². The van der Waals surface area contributed by atoms with Gasteiger partial charge in [0, 0.05) is 30.8 Å². The summed E-state index contributed by atoms with van der Waals surface area (Å²) in [6.45, 7) is 2.43. The molecular formula is C12H18ClNO2S. The fraction of sp³-hybridized carbons (Fsp3) is 0.500. The van der Waals surface area contributed by atoms with Crippen molar-refractivity contribution in [1.29, 1.82) is 0 Å². The fourth-order valence-corrected chi connectivity index (χ4v) is 2.58. The van der Waals surface area contributed by atoms with Gasteiger partial charge in [0.25, 0.3) is 0 Å². The predicted molar refractivity (Wildman–Crippen MR) is 72.8 cm³/mol. The second-order valence-electron chi connectivity index (χ2n) is 3.47.